The number of ether oxygens (including phenoxy) is 1. The van der Waals surface area contributed by atoms with Gasteiger partial charge < -0.3 is 20.4 Å². The Balaban J connectivity index is 1.36. The molecule has 1 aliphatic rings. The molecule has 1 saturated carbocycles. The molecule has 8 heteroatoms. The Morgan fingerprint density at radius 2 is 1.91 bits per heavy atom. The largest absolute Gasteiger partial charge is 0.444 e. The van der Waals surface area contributed by atoms with Gasteiger partial charge in [0.1, 0.15) is 11.4 Å². The van der Waals surface area contributed by atoms with Crippen LogP contribution in [0.1, 0.15) is 57.7 Å². The van der Waals surface area contributed by atoms with Crippen LogP contribution in [0.4, 0.5) is 10.6 Å². The van der Waals surface area contributed by atoms with Crippen LogP contribution in [0.3, 0.4) is 0 Å². The Morgan fingerprint density at radius 1 is 1.14 bits per heavy atom. The number of H-pyrrole nitrogens is 1. The molecule has 5 rings (SSSR count). The van der Waals surface area contributed by atoms with Crippen molar-refractivity contribution in [1.82, 2.24) is 15.3 Å². The lowest BCUT2D eigenvalue weighted by Crippen LogP contribution is -2.42. The summed E-state index contributed by atoms with van der Waals surface area (Å²) in [4.78, 5) is 20.9. The fourth-order valence-corrected chi connectivity index (χ4v) is 5.83. The van der Waals surface area contributed by atoms with Gasteiger partial charge in [0.25, 0.3) is 0 Å². The van der Waals surface area contributed by atoms with E-state index in [9.17, 15) is 4.79 Å². The van der Waals surface area contributed by atoms with E-state index in [2.05, 4.69) is 72.6 Å². The van der Waals surface area contributed by atoms with Crippen molar-refractivity contribution in [2.45, 2.75) is 70.6 Å². The third-order valence-electron chi connectivity index (χ3n) is 6.35. The summed E-state index contributed by atoms with van der Waals surface area (Å²) in [5.74, 6) is 0.935. The number of nitrogens with zero attached hydrogens (tertiary/aromatic N) is 1. The molecule has 0 aliphatic heterocycles. The summed E-state index contributed by atoms with van der Waals surface area (Å²) in [5, 5.41) is 13.4. The molecule has 0 spiro atoms. The number of benzene rings is 1. The highest BCUT2D eigenvalue weighted by Crippen LogP contribution is 2.34. The number of fused-ring (bicyclic) bond motifs is 3. The minimum Gasteiger partial charge on any atom is -0.444 e. The minimum atomic E-state index is -0.483. The van der Waals surface area contributed by atoms with Gasteiger partial charge in [0.05, 0.1) is 5.52 Å². The van der Waals surface area contributed by atoms with Crippen molar-refractivity contribution in [3.8, 4) is 0 Å². The fraction of sp³-hybridized carbons (Fsp3) is 0.407. The van der Waals surface area contributed by atoms with Gasteiger partial charge in [-0.3, -0.25) is 0 Å². The number of alkyl carbamates (subject to hydrolysis) is 1. The lowest BCUT2D eigenvalue weighted by atomic mass is 9.91. The molecule has 184 valence electrons. The summed E-state index contributed by atoms with van der Waals surface area (Å²) in [6.45, 7) is 5.66. The molecule has 0 atom stereocenters. The molecule has 4 aromatic rings. The van der Waals surface area contributed by atoms with Crippen LogP contribution < -0.4 is 10.6 Å². The first-order valence-electron chi connectivity index (χ1n) is 12.1. The van der Waals surface area contributed by atoms with Crippen LogP contribution in [0.15, 0.2) is 45.6 Å². The van der Waals surface area contributed by atoms with Crippen LogP contribution in [0.25, 0.3) is 21.8 Å². The van der Waals surface area contributed by atoms with Gasteiger partial charge in [-0.1, -0.05) is 22.0 Å². The molecule has 1 aliphatic carbocycles. The van der Waals surface area contributed by atoms with Crippen molar-refractivity contribution in [2.24, 2.45) is 0 Å². The molecule has 1 aromatic carbocycles. The number of nitrogens with one attached hydrogen (secondary N) is 3. The maximum atomic E-state index is 12.2. The number of carbonyl (C=O) groups is 1. The van der Waals surface area contributed by atoms with Crippen LogP contribution >= 0.6 is 27.3 Å². The lowest BCUT2D eigenvalue weighted by molar-refractivity contribution is 0.0492. The van der Waals surface area contributed by atoms with E-state index in [1.54, 1.807) is 11.3 Å². The van der Waals surface area contributed by atoms with E-state index < -0.39 is 5.60 Å². The molecule has 1 amide bonds. The average molecular weight is 556 g/mol. The number of pyridine rings is 1. The maximum absolute atomic E-state index is 12.2. The van der Waals surface area contributed by atoms with Crippen LogP contribution in [-0.2, 0) is 11.2 Å². The van der Waals surface area contributed by atoms with Gasteiger partial charge in [0.15, 0.2) is 0 Å². The fourth-order valence-electron chi connectivity index (χ4n) is 4.80. The number of hydrogen-bond acceptors (Lipinski definition) is 5. The summed E-state index contributed by atoms with van der Waals surface area (Å²) in [7, 11) is 0. The van der Waals surface area contributed by atoms with Gasteiger partial charge in [-0.25, -0.2) is 9.78 Å². The third-order valence-corrected chi connectivity index (χ3v) is 7.57. The monoisotopic (exact) mass is 554 g/mol. The Labute approximate surface area is 218 Å². The number of thiophene rings is 1. The Bertz CT molecular complexity index is 1330. The average Bonchev–Trinajstić information content (AvgIpc) is 3.40. The molecule has 3 aromatic heterocycles. The second-order valence-corrected chi connectivity index (χ2v) is 12.0. The molecule has 0 unspecified atom stereocenters. The van der Waals surface area contributed by atoms with Gasteiger partial charge >= 0.3 is 6.09 Å². The predicted octanol–water partition coefficient (Wildman–Crippen LogP) is 7.38. The number of amides is 1. The first kappa shape index (κ1) is 24.1. The first-order chi connectivity index (χ1) is 16.7. The molecule has 6 nitrogen and oxygen atoms in total. The Kier molecular flexibility index (Phi) is 6.77. The molecular formula is C27H31BrN4O2S. The van der Waals surface area contributed by atoms with Crippen molar-refractivity contribution in [3.05, 3.63) is 56.8 Å². The van der Waals surface area contributed by atoms with Crippen LogP contribution in [-0.4, -0.2) is 33.7 Å². The Morgan fingerprint density at radius 3 is 2.63 bits per heavy atom. The van der Waals surface area contributed by atoms with Crippen LogP contribution in [0, 0.1) is 0 Å². The molecule has 35 heavy (non-hydrogen) atoms. The van der Waals surface area contributed by atoms with E-state index in [4.69, 9.17) is 9.72 Å². The zero-order valence-electron chi connectivity index (χ0n) is 20.3. The van der Waals surface area contributed by atoms with Gasteiger partial charge in [0.2, 0.25) is 0 Å². The number of carbonyl (C=O) groups excluding carboxylic acids is 1. The minimum absolute atomic E-state index is 0.145. The molecule has 3 heterocycles. The molecular weight excluding hydrogens is 524 g/mol. The summed E-state index contributed by atoms with van der Waals surface area (Å²) in [6.07, 6.45) is 4.23. The van der Waals surface area contributed by atoms with Gasteiger partial charge in [-0.05, 0) is 87.0 Å². The highest BCUT2D eigenvalue weighted by Gasteiger charge is 2.26. The van der Waals surface area contributed by atoms with Crippen LogP contribution in [0.5, 0.6) is 0 Å². The number of aromatic nitrogens is 2. The van der Waals surface area contributed by atoms with E-state index in [-0.39, 0.29) is 12.1 Å². The smallest absolute Gasteiger partial charge is 0.407 e. The first-order valence-corrected chi connectivity index (χ1v) is 13.8. The molecule has 1 fully saturated rings. The van der Waals surface area contributed by atoms with E-state index in [1.165, 1.54) is 10.9 Å². The second-order valence-electron chi connectivity index (χ2n) is 10.3. The maximum Gasteiger partial charge on any atom is 0.407 e. The van der Waals surface area contributed by atoms with Crippen molar-refractivity contribution < 1.29 is 9.53 Å². The van der Waals surface area contributed by atoms with Crippen molar-refractivity contribution in [3.63, 3.8) is 0 Å². The van der Waals surface area contributed by atoms with E-state index in [0.29, 0.717) is 6.04 Å². The summed E-state index contributed by atoms with van der Waals surface area (Å²) < 4.78 is 6.48. The molecule has 3 N–H and O–H groups in total. The Hall–Kier alpha value is -2.58. The van der Waals surface area contributed by atoms with Crippen molar-refractivity contribution in [2.75, 3.05) is 5.32 Å². The summed E-state index contributed by atoms with van der Waals surface area (Å²) in [5.41, 5.74) is 4.03. The lowest BCUT2D eigenvalue weighted by Gasteiger charge is -2.31. The molecule has 0 radical (unpaired) electrons. The number of rotatable bonds is 5. The zero-order chi connectivity index (χ0) is 24.6. The summed E-state index contributed by atoms with van der Waals surface area (Å²) >= 11 is 5.30. The number of halogens is 1. The van der Waals surface area contributed by atoms with Gasteiger partial charge in [-0.2, -0.15) is 11.3 Å². The van der Waals surface area contributed by atoms with Crippen LogP contribution in [0.2, 0.25) is 0 Å². The normalized spacial score (nSPS) is 18.6. The SMILES string of the molecule is CC(C)(C)OC(=O)N[C@H]1CC[C@H](Nc2nc(Cc3ccsc3)cc3[nH]c4cc(Br)ccc4c23)CC1. The third kappa shape index (κ3) is 5.81. The highest BCUT2D eigenvalue weighted by atomic mass is 79.9. The number of hydrogen-bond donors (Lipinski definition) is 3. The van der Waals surface area contributed by atoms with E-state index in [0.717, 1.165) is 64.5 Å². The summed E-state index contributed by atoms with van der Waals surface area (Å²) in [6, 6.07) is 11.1. The molecule has 0 saturated heterocycles. The number of aromatic amines is 1. The predicted molar refractivity (Wildman–Crippen MR) is 147 cm³/mol. The van der Waals surface area contributed by atoms with Gasteiger partial charge in [-0.15, -0.1) is 0 Å². The molecule has 0 bridgehead atoms. The van der Waals surface area contributed by atoms with Crippen molar-refractivity contribution in [1.29, 1.82) is 0 Å². The van der Waals surface area contributed by atoms with E-state index in [1.807, 2.05) is 20.8 Å². The quantitative estimate of drug-likeness (QED) is 0.240. The highest BCUT2D eigenvalue weighted by molar-refractivity contribution is 9.10. The zero-order valence-corrected chi connectivity index (χ0v) is 22.7. The van der Waals surface area contributed by atoms with Gasteiger partial charge in [0, 0.05) is 45.0 Å². The van der Waals surface area contributed by atoms with E-state index >= 15 is 0 Å². The second kappa shape index (κ2) is 9.82. The number of anilines is 1. The van der Waals surface area contributed by atoms with Crippen molar-refractivity contribution >= 4 is 61.0 Å². The topological polar surface area (TPSA) is 79.0 Å². The standard InChI is InChI=1S/C27H31BrN4O2S/c1-27(2,3)34-26(33)31-19-7-5-18(6-8-19)29-25-24-21-9-4-17(28)13-22(21)32-23(24)14-20(30-25)12-16-10-11-35-15-16/h4,9-11,13-15,18-19,32H,5-8,12H2,1-3H3,(H,29,30)(H,31,33)/t18-,19-.